The van der Waals surface area contributed by atoms with Crippen molar-refractivity contribution in [1.29, 1.82) is 0 Å². The molecular weight excluding hydrogens is 118 g/mol. The first-order valence-electron chi connectivity index (χ1n) is 2.30. The van der Waals surface area contributed by atoms with Gasteiger partial charge in [0.2, 0.25) is 0 Å². The summed E-state index contributed by atoms with van der Waals surface area (Å²) in [5.74, 6) is 0. The van der Waals surface area contributed by atoms with Crippen LogP contribution in [0.4, 0.5) is 8.78 Å². The van der Waals surface area contributed by atoms with Crippen molar-refractivity contribution in [2.75, 3.05) is 6.61 Å². The van der Waals surface area contributed by atoms with E-state index in [4.69, 9.17) is 5.11 Å². The number of aliphatic hydroxyl groups is 1. The molecule has 0 saturated carbocycles. The van der Waals surface area contributed by atoms with E-state index in [2.05, 4.69) is 4.74 Å². The van der Waals surface area contributed by atoms with Gasteiger partial charge in [-0.25, -0.2) is 0 Å². The third kappa shape index (κ3) is 1.14. The molecule has 0 aliphatic carbocycles. The summed E-state index contributed by atoms with van der Waals surface area (Å²) >= 11 is 0. The maximum Gasteiger partial charge on any atom is 0.358 e. The summed E-state index contributed by atoms with van der Waals surface area (Å²) in [4.78, 5) is 0. The largest absolute Gasteiger partial charge is 0.390 e. The Balaban J connectivity index is 2.44. The Kier molecular flexibility index (Phi) is 1.21. The smallest absolute Gasteiger partial charge is 0.358 e. The van der Waals surface area contributed by atoms with Crippen LogP contribution < -0.4 is 0 Å². The molecule has 1 saturated heterocycles. The van der Waals surface area contributed by atoms with Crippen LogP contribution in [0, 0.1) is 0 Å². The van der Waals surface area contributed by atoms with Gasteiger partial charge in [-0.2, -0.15) is 8.78 Å². The molecule has 1 heterocycles. The Morgan fingerprint density at radius 3 is 2.38 bits per heavy atom. The molecular formula is C4H6F2O2. The summed E-state index contributed by atoms with van der Waals surface area (Å²) in [7, 11) is 0. The van der Waals surface area contributed by atoms with Crippen molar-refractivity contribution in [2.45, 2.75) is 18.6 Å². The summed E-state index contributed by atoms with van der Waals surface area (Å²) in [5, 5.41) is 8.46. The minimum Gasteiger partial charge on any atom is -0.390 e. The van der Waals surface area contributed by atoms with Gasteiger partial charge < -0.3 is 9.84 Å². The van der Waals surface area contributed by atoms with Crippen LogP contribution in [0.3, 0.4) is 0 Å². The molecule has 0 aromatic heterocycles. The summed E-state index contributed by atoms with van der Waals surface area (Å²) < 4.78 is 27.5. The lowest BCUT2D eigenvalue weighted by molar-refractivity contribution is -0.205. The molecule has 0 radical (unpaired) electrons. The number of hydrogen-bond acceptors (Lipinski definition) is 2. The Morgan fingerprint density at radius 2 is 2.25 bits per heavy atom. The predicted octanol–water partition coefficient (Wildman–Crippen LogP) is 0.360. The molecule has 4 heteroatoms. The van der Waals surface area contributed by atoms with Gasteiger partial charge in [0.15, 0.2) is 0 Å². The molecule has 48 valence electrons. The molecule has 1 atom stereocenters. The van der Waals surface area contributed by atoms with E-state index < -0.39 is 18.6 Å². The van der Waals surface area contributed by atoms with Crippen LogP contribution in [0.5, 0.6) is 0 Å². The number of hydrogen-bond donors (Lipinski definition) is 1. The van der Waals surface area contributed by atoms with Crippen LogP contribution in [0.15, 0.2) is 0 Å². The minimum atomic E-state index is -3.08. The Morgan fingerprint density at radius 1 is 1.62 bits per heavy atom. The van der Waals surface area contributed by atoms with E-state index in [1.54, 1.807) is 0 Å². The van der Waals surface area contributed by atoms with Crippen LogP contribution >= 0.6 is 0 Å². The molecule has 1 aliphatic heterocycles. The molecule has 1 N–H and O–H groups in total. The Labute approximate surface area is 45.1 Å². The maximum atomic E-state index is 11.8. The van der Waals surface area contributed by atoms with Crippen molar-refractivity contribution >= 4 is 0 Å². The second kappa shape index (κ2) is 1.63. The quantitative estimate of drug-likeness (QED) is 0.505. The highest BCUT2D eigenvalue weighted by Gasteiger charge is 2.39. The van der Waals surface area contributed by atoms with Crippen LogP contribution in [0.1, 0.15) is 6.42 Å². The van der Waals surface area contributed by atoms with Gasteiger partial charge in [0, 0.05) is 0 Å². The average Bonchev–Trinajstić information content (AvgIpc) is 1.82. The zero-order chi connectivity index (χ0) is 6.20. The van der Waals surface area contributed by atoms with Crippen molar-refractivity contribution in [3.05, 3.63) is 0 Å². The van der Waals surface area contributed by atoms with Crippen LogP contribution in [-0.4, -0.2) is 23.9 Å². The second-order valence-corrected chi connectivity index (χ2v) is 1.81. The van der Waals surface area contributed by atoms with E-state index in [-0.39, 0.29) is 6.61 Å². The topological polar surface area (TPSA) is 29.5 Å². The zero-order valence-corrected chi connectivity index (χ0v) is 4.10. The number of ether oxygens (including phenoxy) is 1. The fourth-order valence-corrected chi connectivity index (χ4v) is 0.610. The number of alkyl halides is 2. The summed E-state index contributed by atoms with van der Waals surface area (Å²) in [5.41, 5.74) is 0. The third-order valence-corrected chi connectivity index (χ3v) is 0.960. The first kappa shape index (κ1) is 5.91. The van der Waals surface area contributed by atoms with Crippen molar-refractivity contribution in [1.82, 2.24) is 0 Å². The van der Waals surface area contributed by atoms with Gasteiger partial charge in [0.1, 0.15) is 0 Å². The lowest BCUT2D eigenvalue weighted by Crippen LogP contribution is -2.12. The summed E-state index contributed by atoms with van der Waals surface area (Å²) in [6.45, 7) is -0.243. The van der Waals surface area contributed by atoms with E-state index in [0.717, 1.165) is 0 Å². The molecule has 8 heavy (non-hydrogen) atoms. The third-order valence-electron chi connectivity index (χ3n) is 0.960. The maximum absolute atomic E-state index is 11.8. The van der Waals surface area contributed by atoms with E-state index >= 15 is 0 Å². The lowest BCUT2D eigenvalue weighted by atomic mass is 10.3. The van der Waals surface area contributed by atoms with Crippen LogP contribution in [0.25, 0.3) is 0 Å². The second-order valence-electron chi connectivity index (χ2n) is 1.81. The van der Waals surface area contributed by atoms with E-state index in [1.807, 2.05) is 0 Å². The Bertz CT molecular complexity index is 94.0. The molecule has 2 nitrogen and oxygen atoms in total. The van der Waals surface area contributed by atoms with Gasteiger partial charge in [0.05, 0.1) is 19.1 Å². The fourth-order valence-electron chi connectivity index (χ4n) is 0.610. The SMILES string of the molecule is OC1COC(F)(F)C1. The first-order valence-corrected chi connectivity index (χ1v) is 2.30. The van der Waals surface area contributed by atoms with Crippen molar-refractivity contribution in [2.24, 2.45) is 0 Å². The van der Waals surface area contributed by atoms with Crippen LogP contribution in [-0.2, 0) is 4.74 Å². The molecule has 1 unspecified atom stereocenters. The Hall–Kier alpha value is -0.220. The molecule has 0 bridgehead atoms. The first-order chi connectivity index (χ1) is 3.60. The molecule has 1 rings (SSSR count). The molecule has 0 spiro atoms. The van der Waals surface area contributed by atoms with Crippen molar-refractivity contribution in [3.8, 4) is 0 Å². The summed E-state index contributed by atoms with van der Waals surface area (Å²) in [6.07, 6.45) is -4.63. The van der Waals surface area contributed by atoms with Gasteiger partial charge in [-0.3, -0.25) is 0 Å². The number of rotatable bonds is 0. The van der Waals surface area contributed by atoms with Crippen molar-refractivity contribution in [3.63, 3.8) is 0 Å². The highest BCUT2D eigenvalue weighted by molar-refractivity contribution is 4.69. The lowest BCUT2D eigenvalue weighted by Gasteiger charge is -2.03. The highest BCUT2D eigenvalue weighted by Crippen LogP contribution is 2.28. The average molecular weight is 124 g/mol. The van der Waals surface area contributed by atoms with Crippen LogP contribution in [0.2, 0.25) is 0 Å². The molecule has 1 fully saturated rings. The zero-order valence-electron chi connectivity index (χ0n) is 4.10. The van der Waals surface area contributed by atoms with Gasteiger partial charge >= 0.3 is 6.11 Å². The van der Waals surface area contributed by atoms with Gasteiger partial charge in [-0.05, 0) is 0 Å². The number of halogens is 2. The van der Waals surface area contributed by atoms with Gasteiger partial charge in [0.25, 0.3) is 0 Å². The number of aliphatic hydroxyl groups excluding tert-OH is 1. The van der Waals surface area contributed by atoms with E-state index in [0.29, 0.717) is 0 Å². The minimum absolute atomic E-state index is 0.243. The molecule has 0 aromatic rings. The highest BCUT2D eigenvalue weighted by atomic mass is 19.3. The van der Waals surface area contributed by atoms with E-state index in [1.165, 1.54) is 0 Å². The fraction of sp³-hybridized carbons (Fsp3) is 1.00. The standard InChI is InChI=1S/C4H6F2O2/c5-4(6)1-3(7)2-8-4/h3,7H,1-2H2. The predicted molar refractivity (Wildman–Crippen MR) is 21.5 cm³/mol. The molecule has 0 amide bonds. The monoisotopic (exact) mass is 124 g/mol. The van der Waals surface area contributed by atoms with Gasteiger partial charge in [-0.15, -0.1) is 0 Å². The van der Waals surface area contributed by atoms with Gasteiger partial charge in [-0.1, -0.05) is 0 Å². The summed E-state index contributed by atoms with van der Waals surface area (Å²) in [6, 6.07) is 0. The van der Waals surface area contributed by atoms with Crippen molar-refractivity contribution < 1.29 is 18.6 Å². The molecule has 1 aliphatic rings. The molecule has 0 aromatic carbocycles. The normalized spacial score (nSPS) is 35.6. The van der Waals surface area contributed by atoms with E-state index in [9.17, 15) is 8.78 Å².